The van der Waals surface area contributed by atoms with Crippen LogP contribution < -0.4 is 0 Å². The second-order valence-electron chi connectivity index (χ2n) is 5.17. The highest BCUT2D eigenvalue weighted by Crippen LogP contribution is 2.25. The van der Waals surface area contributed by atoms with Crippen LogP contribution in [0.25, 0.3) is 0 Å². The maximum absolute atomic E-state index is 12.4. The molecule has 0 radical (unpaired) electrons. The number of carboxylic acid groups (broad SMARTS) is 1. The number of carbonyl (C=O) groups excluding carboxylic acids is 1. The summed E-state index contributed by atoms with van der Waals surface area (Å²) in [7, 11) is 0. The SMILES string of the molecule is O=C(O)CC1CCCCN1C(=O)C1CCOCC1. The van der Waals surface area contributed by atoms with Gasteiger partial charge in [-0.25, -0.2) is 0 Å². The molecule has 1 amide bonds. The van der Waals surface area contributed by atoms with Crippen molar-refractivity contribution in [3.05, 3.63) is 0 Å². The van der Waals surface area contributed by atoms with Gasteiger partial charge in [0.25, 0.3) is 0 Å². The first kappa shape index (κ1) is 13.3. The average molecular weight is 255 g/mol. The summed E-state index contributed by atoms with van der Waals surface area (Å²) in [4.78, 5) is 25.1. The molecule has 1 atom stereocenters. The van der Waals surface area contributed by atoms with E-state index in [0.717, 1.165) is 32.1 Å². The van der Waals surface area contributed by atoms with E-state index in [0.29, 0.717) is 19.8 Å². The molecule has 0 aliphatic carbocycles. The maximum atomic E-state index is 12.4. The molecule has 0 bridgehead atoms. The third-order valence-corrected chi connectivity index (χ3v) is 3.89. The summed E-state index contributed by atoms with van der Waals surface area (Å²) in [5, 5.41) is 8.92. The number of nitrogens with zero attached hydrogens (tertiary/aromatic N) is 1. The standard InChI is InChI=1S/C13H21NO4/c15-12(16)9-11-3-1-2-6-14(11)13(17)10-4-7-18-8-5-10/h10-11H,1-9H2,(H,15,16). The third kappa shape index (κ3) is 3.22. The summed E-state index contributed by atoms with van der Waals surface area (Å²) in [6.07, 6.45) is 4.46. The van der Waals surface area contributed by atoms with Crippen LogP contribution in [0.5, 0.6) is 0 Å². The van der Waals surface area contributed by atoms with E-state index in [-0.39, 0.29) is 24.3 Å². The largest absolute Gasteiger partial charge is 0.481 e. The zero-order valence-corrected chi connectivity index (χ0v) is 10.6. The molecule has 0 saturated carbocycles. The Kier molecular flexibility index (Phi) is 4.58. The minimum absolute atomic E-state index is 0.0353. The number of aliphatic carboxylic acids is 1. The van der Waals surface area contributed by atoms with Crippen molar-refractivity contribution in [3.63, 3.8) is 0 Å². The van der Waals surface area contributed by atoms with Crippen LogP contribution in [0.4, 0.5) is 0 Å². The van der Waals surface area contributed by atoms with Gasteiger partial charge in [0.05, 0.1) is 6.42 Å². The molecule has 2 aliphatic rings. The zero-order valence-electron chi connectivity index (χ0n) is 10.6. The van der Waals surface area contributed by atoms with Gasteiger partial charge >= 0.3 is 5.97 Å². The Bertz CT molecular complexity index is 312. The highest BCUT2D eigenvalue weighted by molar-refractivity contribution is 5.80. The van der Waals surface area contributed by atoms with Crippen LogP contribution in [-0.4, -0.2) is 47.7 Å². The summed E-state index contributed by atoms with van der Waals surface area (Å²) in [6.45, 7) is 2.01. The van der Waals surface area contributed by atoms with E-state index in [2.05, 4.69) is 0 Å². The number of amides is 1. The number of ether oxygens (including phenoxy) is 1. The van der Waals surface area contributed by atoms with Crippen LogP contribution in [0.3, 0.4) is 0 Å². The summed E-state index contributed by atoms with van der Waals surface area (Å²) in [6, 6.07) is -0.105. The van der Waals surface area contributed by atoms with Gasteiger partial charge in [-0.1, -0.05) is 0 Å². The third-order valence-electron chi connectivity index (χ3n) is 3.89. The van der Waals surface area contributed by atoms with Crippen molar-refractivity contribution in [2.45, 2.75) is 44.6 Å². The van der Waals surface area contributed by atoms with Crippen LogP contribution in [0.2, 0.25) is 0 Å². The Hall–Kier alpha value is -1.10. The van der Waals surface area contributed by atoms with Gasteiger partial charge in [-0.2, -0.15) is 0 Å². The summed E-state index contributed by atoms with van der Waals surface area (Å²) < 4.78 is 5.26. The Balaban J connectivity index is 1.98. The van der Waals surface area contributed by atoms with Crippen molar-refractivity contribution in [1.29, 1.82) is 0 Å². The summed E-state index contributed by atoms with van der Waals surface area (Å²) in [5.74, 6) is -0.635. The Labute approximate surface area is 107 Å². The molecule has 102 valence electrons. The van der Waals surface area contributed by atoms with Crippen molar-refractivity contribution in [1.82, 2.24) is 4.90 Å². The lowest BCUT2D eigenvalue weighted by atomic mass is 9.93. The van der Waals surface area contributed by atoms with Gasteiger partial charge in [0.2, 0.25) is 5.91 Å². The monoisotopic (exact) mass is 255 g/mol. The molecule has 0 aromatic carbocycles. The highest BCUT2D eigenvalue weighted by atomic mass is 16.5. The molecule has 5 heteroatoms. The van der Waals surface area contributed by atoms with Gasteiger partial charge in [0.15, 0.2) is 0 Å². The van der Waals surface area contributed by atoms with Crippen molar-refractivity contribution < 1.29 is 19.4 Å². The molecule has 2 aliphatic heterocycles. The van der Waals surface area contributed by atoms with Crippen LogP contribution in [0, 0.1) is 5.92 Å². The molecular weight excluding hydrogens is 234 g/mol. The molecule has 1 unspecified atom stereocenters. The predicted octanol–water partition coefficient (Wildman–Crippen LogP) is 1.27. The van der Waals surface area contributed by atoms with Gasteiger partial charge in [-0.3, -0.25) is 9.59 Å². The van der Waals surface area contributed by atoms with E-state index in [1.807, 2.05) is 4.90 Å². The number of rotatable bonds is 3. The molecule has 2 heterocycles. The number of carbonyl (C=O) groups is 2. The highest BCUT2D eigenvalue weighted by Gasteiger charge is 2.33. The maximum Gasteiger partial charge on any atom is 0.305 e. The zero-order chi connectivity index (χ0) is 13.0. The van der Waals surface area contributed by atoms with E-state index < -0.39 is 5.97 Å². The molecule has 5 nitrogen and oxygen atoms in total. The second-order valence-corrected chi connectivity index (χ2v) is 5.17. The molecule has 2 fully saturated rings. The smallest absolute Gasteiger partial charge is 0.305 e. The molecule has 2 rings (SSSR count). The van der Waals surface area contributed by atoms with Crippen molar-refractivity contribution in [2.24, 2.45) is 5.92 Å². The summed E-state index contributed by atoms with van der Waals surface area (Å²) in [5.41, 5.74) is 0. The molecule has 0 spiro atoms. The molecule has 18 heavy (non-hydrogen) atoms. The Morgan fingerprint density at radius 2 is 1.89 bits per heavy atom. The number of hydrogen-bond acceptors (Lipinski definition) is 3. The normalized spacial score (nSPS) is 26.0. The molecule has 0 aromatic rings. The van der Waals surface area contributed by atoms with Gasteiger partial charge in [0.1, 0.15) is 0 Å². The quantitative estimate of drug-likeness (QED) is 0.824. The first-order valence-electron chi connectivity index (χ1n) is 6.78. The van der Waals surface area contributed by atoms with Gasteiger partial charge in [-0.15, -0.1) is 0 Å². The van der Waals surface area contributed by atoms with Gasteiger partial charge in [-0.05, 0) is 32.1 Å². The molecule has 2 saturated heterocycles. The minimum atomic E-state index is -0.813. The van der Waals surface area contributed by atoms with Gasteiger partial charge in [0, 0.05) is 31.7 Å². The fourth-order valence-corrected chi connectivity index (χ4v) is 2.88. The first-order valence-corrected chi connectivity index (χ1v) is 6.78. The second kappa shape index (κ2) is 6.18. The molecular formula is C13H21NO4. The fourth-order valence-electron chi connectivity index (χ4n) is 2.88. The molecule has 1 N–H and O–H groups in total. The van der Waals surface area contributed by atoms with E-state index in [4.69, 9.17) is 9.84 Å². The van der Waals surface area contributed by atoms with Crippen molar-refractivity contribution in [3.8, 4) is 0 Å². The van der Waals surface area contributed by atoms with E-state index in [1.54, 1.807) is 0 Å². The van der Waals surface area contributed by atoms with Crippen LogP contribution in [0.15, 0.2) is 0 Å². The lowest BCUT2D eigenvalue weighted by Crippen LogP contribution is -2.48. The lowest BCUT2D eigenvalue weighted by molar-refractivity contribution is -0.145. The Morgan fingerprint density at radius 3 is 2.56 bits per heavy atom. The topological polar surface area (TPSA) is 66.8 Å². The summed E-state index contributed by atoms with van der Waals surface area (Å²) >= 11 is 0. The fraction of sp³-hybridized carbons (Fsp3) is 0.846. The Morgan fingerprint density at radius 1 is 1.17 bits per heavy atom. The van der Waals surface area contributed by atoms with Crippen molar-refractivity contribution in [2.75, 3.05) is 19.8 Å². The lowest BCUT2D eigenvalue weighted by Gasteiger charge is -2.38. The van der Waals surface area contributed by atoms with Crippen LogP contribution in [0.1, 0.15) is 38.5 Å². The number of piperidine rings is 1. The van der Waals surface area contributed by atoms with E-state index in [1.165, 1.54) is 0 Å². The number of carboxylic acids is 1. The molecule has 0 aromatic heterocycles. The van der Waals surface area contributed by atoms with E-state index in [9.17, 15) is 9.59 Å². The minimum Gasteiger partial charge on any atom is -0.481 e. The van der Waals surface area contributed by atoms with Crippen LogP contribution >= 0.6 is 0 Å². The van der Waals surface area contributed by atoms with Crippen molar-refractivity contribution >= 4 is 11.9 Å². The van der Waals surface area contributed by atoms with Crippen LogP contribution in [-0.2, 0) is 14.3 Å². The van der Waals surface area contributed by atoms with Gasteiger partial charge < -0.3 is 14.7 Å². The number of hydrogen-bond donors (Lipinski definition) is 1. The predicted molar refractivity (Wildman–Crippen MR) is 65.1 cm³/mol. The number of likely N-dealkylation sites (tertiary alicyclic amines) is 1. The first-order chi connectivity index (χ1) is 8.68. The average Bonchev–Trinajstić information content (AvgIpc) is 2.39. The van der Waals surface area contributed by atoms with E-state index >= 15 is 0 Å².